The van der Waals surface area contributed by atoms with Gasteiger partial charge >= 0.3 is 0 Å². The van der Waals surface area contributed by atoms with Gasteiger partial charge in [0, 0.05) is 23.2 Å². The van der Waals surface area contributed by atoms with Gasteiger partial charge in [-0.15, -0.1) is 0 Å². The van der Waals surface area contributed by atoms with Gasteiger partial charge in [-0.3, -0.25) is 9.89 Å². The fourth-order valence-corrected chi connectivity index (χ4v) is 2.70. The van der Waals surface area contributed by atoms with Gasteiger partial charge in [0.2, 0.25) is 0 Å². The van der Waals surface area contributed by atoms with Crippen LogP contribution in [0.5, 0.6) is 0 Å². The number of nitrogens with one attached hydrogen (secondary N) is 3. The highest BCUT2D eigenvalue weighted by Crippen LogP contribution is 2.25. The summed E-state index contributed by atoms with van der Waals surface area (Å²) in [5.41, 5.74) is 4.65. The molecule has 1 aliphatic heterocycles. The van der Waals surface area contributed by atoms with E-state index >= 15 is 0 Å². The van der Waals surface area contributed by atoms with Crippen LogP contribution in [0, 0.1) is 0 Å². The van der Waals surface area contributed by atoms with Crippen LogP contribution in [0.2, 0.25) is 0 Å². The minimum absolute atomic E-state index is 0.111. The molecule has 0 unspecified atom stereocenters. The number of aromatic nitrogens is 2. The lowest BCUT2D eigenvalue weighted by Gasteiger charge is -2.08. The van der Waals surface area contributed by atoms with E-state index in [2.05, 4.69) is 20.8 Å². The van der Waals surface area contributed by atoms with Gasteiger partial charge in [0.25, 0.3) is 5.91 Å². The number of H-pyrrole nitrogens is 1. The molecular formula is C16H14N4O. The first kappa shape index (κ1) is 12.0. The minimum Gasteiger partial charge on any atom is -0.384 e. The third-order valence-corrected chi connectivity index (χ3v) is 3.81. The van der Waals surface area contributed by atoms with Crippen LogP contribution in [0.1, 0.15) is 15.9 Å². The molecule has 0 fully saturated rings. The molecule has 104 valence electrons. The maximum absolute atomic E-state index is 12.4. The zero-order chi connectivity index (χ0) is 14.2. The van der Waals surface area contributed by atoms with Crippen molar-refractivity contribution in [3.05, 3.63) is 53.7 Å². The molecule has 0 saturated heterocycles. The molecule has 5 nitrogen and oxygen atoms in total. The second-order valence-corrected chi connectivity index (χ2v) is 5.14. The number of hydrogen-bond donors (Lipinski definition) is 3. The Bertz CT molecular complexity index is 837. The van der Waals surface area contributed by atoms with Gasteiger partial charge in [-0.05, 0) is 36.2 Å². The Balaban J connectivity index is 1.65. The first-order valence-corrected chi connectivity index (χ1v) is 6.91. The Morgan fingerprint density at radius 2 is 2.19 bits per heavy atom. The summed E-state index contributed by atoms with van der Waals surface area (Å²) in [7, 11) is 0. The molecule has 1 aliphatic rings. The maximum Gasteiger partial charge on any atom is 0.255 e. The Kier molecular flexibility index (Phi) is 2.64. The number of aromatic amines is 1. The van der Waals surface area contributed by atoms with E-state index in [0.717, 1.165) is 35.2 Å². The van der Waals surface area contributed by atoms with Crippen molar-refractivity contribution in [2.24, 2.45) is 0 Å². The van der Waals surface area contributed by atoms with Crippen LogP contribution < -0.4 is 10.6 Å². The van der Waals surface area contributed by atoms with Crippen molar-refractivity contribution in [1.82, 2.24) is 10.2 Å². The SMILES string of the molecule is O=C(Nc1cccc2[nH]ncc12)c1ccc2c(c1)NCC2. The molecule has 0 saturated carbocycles. The Hall–Kier alpha value is -2.82. The van der Waals surface area contributed by atoms with E-state index < -0.39 is 0 Å². The Morgan fingerprint density at radius 3 is 3.14 bits per heavy atom. The summed E-state index contributed by atoms with van der Waals surface area (Å²) < 4.78 is 0. The third-order valence-electron chi connectivity index (χ3n) is 3.81. The second kappa shape index (κ2) is 4.63. The number of carbonyl (C=O) groups excluding carboxylic acids is 1. The monoisotopic (exact) mass is 278 g/mol. The van der Waals surface area contributed by atoms with E-state index in [1.165, 1.54) is 5.56 Å². The van der Waals surface area contributed by atoms with E-state index in [1.807, 2.05) is 36.4 Å². The molecular weight excluding hydrogens is 264 g/mol. The molecule has 2 heterocycles. The molecule has 0 radical (unpaired) electrons. The summed E-state index contributed by atoms with van der Waals surface area (Å²) in [6.07, 6.45) is 2.74. The lowest BCUT2D eigenvalue weighted by Crippen LogP contribution is -2.12. The highest BCUT2D eigenvalue weighted by Gasteiger charge is 2.14. The van der Waals surface area contributed by atoms with Gasteiger partial charge in [-0.1, -0.05) is 12.1 Å². The summed E-state index contributed by atoms with van der Waals surface area (Å²) in [5.74, 6) is -0.111. The third kappa shape index (κ3) is 2.03. The quantitative estimate of drug-likeness (QED) is 0.675. The molecule has 2 aromatic carbocycles. The molecule has 5 heteroatoms. The summed E-state index contributed by atoms with van der Waals surface area (Å²) in [6, 6.07) is 11.5. The molecule has 0 bridgehead atoms. The number of rotatable bonds is 2. The van der Waals surface area contributed by atoms with Gasteiger partial charge in [0.15, 0.2) is 0 Å². The average molecular weight is 278 g/mol. The summed E-state index contributed by atoms with van der Waals surface area (Å²) in [6.45, 7) is 0.939. The molecule has 3 N–H and O–H groups in total. The standard InChI is InChI=1S/C16H14N4O/c21-16(11-5-4-10-6-7-17-15(10)8-11)19-13-2-1-3-14-12(13)9-18-20-14/h1-5,8-9,17H,6-7H2,(H,18,20)(H,19,21). The normalized spacial score (nSPS) is 13.0. The fraction of sp³-hybridized carbons (Fsp3) is 0.125. The Labute approximate surface area is 121 Å². The Morgan fingerprint density at radius 1 is 1.24 bits per heavy atom. The van der Waals surface area contributed by atoms with Crippen LogP contribution in [-0.4, -0.2) is 22.6 Å². The number of benzene rings is 2. The number of nitrogens with zero attached hydrogens (tertiary/aromatic N) is 1. The highest BCUT2D eigenvalue weighted by atomic mass is 16.1. The van der Waals surface area contributed by atoms with Gasteiger partial charge in [0.05, 0.1) is 17.4 Å². The molecule has 1 amide bonds. The number of carbonyl (C=O) groups is 1. The maximum atomic E-state index is 12.4. The highest BCUT2D eigenvalue weighted by molar-refractivity contribution is 6.09. The molecule has 1 aromatic heterocycles. The van der Waals surface area contributed by atoms with Crippen LogP contribution in [0.25, 0.3) is 10.9 Å². The predicted molar refractivity (Wildman–Crippen MR) is 82.7 cm³/mol. The van der Waals surface area contributed by atoms with Crippen molar-refractivity contribution < 1.29 is 4.79 Å². The van der Waals surface area contributed by atoms with E-state index in [9.17, 15) is 4.79 Å². The largest absolute Gasteiger partial charge is 0.384 e. The second-order valence-electron chi connectivity index (χ2n) is 5.14. The minimum atomic E-state index is -0.111. The van der Waals surface area contributed by atoms with E-state index in [0.29, 0.717) is 5.56 Å². The van der Waals surface area contributed by atoms with Crippen LogP contribution in [-0.2, 0) is 6.42 Å². The summed E-state index contributed by atoms with van der Waals surface area (Å²) in [5, 5.41) is 14.0. The number of hydrogen-bond acceptors (Lipinski definition) is 3. The number of anilines is 2. The summed E-state index contributed by atoms with van der Waals surface area (Å²) >= 11 is 0. The molecule has 0 aliphatic carbocycles. The van der Waals surface area contributed by atoms with Crippen molar-refractivity contribution in [1.29, 1.82) is 0 Å². The van der Waals surface area contributed by atoms with Crippen molar-refractivity contribution in [2.45, 2.75) is 6.42 Å². The van der Waals surface area contributed by atoms with Gasteiger partial charge in [0.1, 0.15) is 0 Å². The van der Waals surface area contributed by atoms with Crippen molar-refractivity contribution in [2.75, 3.05) is 17.2 Å². The van der Waals surface area contributed by atoms with E-state index in [4.69, 9.17) is 0 Å². The predicted octanol–water partition coefficient (Wildman–Crippen LogP) is 2.78. The summed E-state index contributed by atoms with van der Waals surface area (Å²) in [4.78, 5) is 12.4. The van der Waals surface area contributed by atoms with E-state index in [-0.39, 0.29) is 5.91 Å². The average Bonchev–Trinajstić information content (AvgIpc) is 3.15. The first-order chi connectivity index (χ1) is 10.3. The topological polar surface area (TPSA) is 69.8 Å². The zero-order valence-electron chi connectivity index (χ0n) is 11.3. The van der Waals surface area contributed by atoms with Crippen LogP contribution in [0.15, 0.2) is 42.6 Å². The van der Waals surface area contributed by atoms with Gasteiger partial charge in [-0.2, -0.15) is 5.10 Å². The lowest BCUT2D eigenvalue weighted by atomic mass is 10.1. The van der Waals surface area contributed by atoms with Crippen molar-refractivity contribution >= 4 is 28.2 Å². The molecule has 0 atom stereocenters. The van der Waals surface area contributed by atoms with Crippen molar-refractivity contribution in [3.8, 4) is 0 Å². The molecule has 21 heavy (non-hydrogen) atoms. The van der Waals surface area contributed by atoms with Crippen LogP contribution in [0.3, 0.4) is 0 Å². The van der Waals surface area contributed by atoms with Crippen molar-refractivity contribution in [3.63, 3.8) is 0 Å². The van der Waals surface area contributed by atoms with Gasteiger partial charge < -0.3 is 10.6 Å². The van der Waals surface area contributed by atoms with Gasteiger partial charge in [-0.25, -0.2) is 0 Å². The van der Waals surface area contributed by atoms with Crippen LogP contribution >= 0.6 is 0 Å². The van der Waals surface area contributed by atoms with Crippen LogP contribution in [0.4, 0.5) is 11.4 Å². The molecule has 0 spiro atoms. The fourth-order valence-electron chi connectivity index (χ4n) is 2.70. The van der Waals surface area contributed by atoms with E-state index in [1.54, 1.807) is 6.20 Å². The number of amides is 1. The zero-order valence-corrected chi connectivity index (χ0v) is 11.3. The molecule has 3 aromatic rings. The smallest absolute Gasteiger partial charge is 0.255 e. The lowest BCUT2D eigenvalue weighted by molar-refractivity contribution is 0.102. The first-order valence-electron chi connectivity index (χ1n) is 6.91. The molecule has 4 rings (SSSR count). The number of fused-ring (bicyclic) bond motifs is 2.